The Balaban J connectivity index is 1.27. The Bertz CT molecular complexity index is 2860. The Labute approximate surface area is 294 Å². The first kappa shape index (κ1) is 29.7. The molecule has 0 N–H and O–H groups in total. The molecule has 0 amide bonds. The molecule has 0 saturated heterocycles. The summed E-state index contributed by atoms with van der Waals surface area (Å²) in [5, 5.41) is 26.7. The van der Waals surface area contributed by atoms with Crippen molar-refractivity contribution in [2.24, 2.45) is 0 Å². The van der Waals surface area contributed by atoms with Gasteiger partial charge in [-0.2, -0.15) is 10.5 Å². The number of nitriles is 2. The van der Waals surface area contributed by atoms with E-state index in [4.69, 9.17) is 6.57 Å². The lowest BCUT2D eigenvalue weighted by molar-refractivity contribution is 1.17. The maximum atomic E-state index is 10.4. The van der Waals surface area contributed by atoms with Gasteiger partial charge in [-0.1, -0.05) is 121 Å². The van der Waals surface area contributed by atoms with Crippen molar-refractivity contribution < 1.29 is 0 Å². The highest BCUT2D eigenvalue weighted by Gasteiger charge is 2.21. The van der Waals surface area contributed by atoms with Crippen LogP contribution in [0.15, 0.2) is 158 Å². The fourth-order valence-corrected chi connectivity index (χ4v) is 7.67. The molecule has 8 aromatic carbocycles. The molecule has 9 rings (SSSR count). The van der Waals surface area contributed by atoms with E-state index in [2.05, 4.69) is 131 Å². The normalized spacial score (nSPS) is 11.1. The van der Waals surface area contributed by atoms with Crippen LogP contribution in [-0.2, 0) is 0 Å². The van der Waals surface area contributed by atoms with Crippen molar-refractivity contribution in [3.05, 3.63) is 180 Å². The molecule has 51 heavy (non-hydrogen) atoms. The van der Waals surface area contributed by atoms with Gasteiger partial charge in [-0.25, -0.2) is 4.85 Å². The molecule has 4 heteroatoms. The van der Waals surface area contributed by atoms with Gasteiger partial charge in [0.05, 0.1) is 40.5 Å². The number of aromatic nitrogens is 1. The van der Waals surface area contributed by atoms with Gasteiger partial charge in [0.1, 0.15) is 6.07 Å². The van der Waals surface area contributed by atoms with E-state index in [1.54, 1.807) is 12.1 Å². The third-order valence-electron chi connectivity index (χ3n) is 9.87. The van der Waals surface area contributed by atoms with Crippen LogP contribution in [0.25, 0.3) is 87.3 Å². The zero-order valence-electron chi connectivity index (χ0n) is 27.3. The third kappa shape index (κ3) is 4.66. The Kier molecular flexibility index (Phi) is 6.93. The molecule has 0 unspecified atom stereocenters. The average Bonchev–Trinajstić information content (AvgIpc) is 3.52. The molecular weight excluding hydrogens is 621 g/mol. The highest BCUT2D eigenvalue weighted by atomic mass is 15.0. The number of fused-ring (bicyclic) bond motifs is 5. The molecule has 0 radical (unpaired) electrons. The number of nitrogens with zero attached hydrogens (tertiary/aromatic N) is 4. The second-order valence-corrected chi connectivity index (χ2v) is 12.6. The van der Waals surface area contributed by atoms with Gasteiger partial charge in [0.25, 0.3) is 0 Å². The van der Waals surface area contributed by atoms with E-state index in [0.29, 0.717) is 16.8 Å². The quantitative estimate of drug-likeness (QED) is 0.141. The SMILES string of the molecule is [C-]#[N+]c1ccc2c(c1)c1cc(C#N)ccc1n2-c1c(C#N)cccc1-c1ccc(-c2c3ccccc3c(-c3ccccc3)c3ccccc23)cc1. The molecule has 0 spiro atoms. The van der Waals surface area contributed by atoms with Gasteiger partial charge in [0.15, 0.2) is 5.69 Å². The van der Waals surface area contributed by atoms with E-state index >= 15 is 0 Å². The van der Waals surface area contributed by atoms with E-state index in [9.17, 15) is 10.5 Å². The standard InChI is InChI=1S/C47H26N4/c1-50-35-23-25-44-42(27-35)41-26-30(28-48)18-24-43(41)51(44)47-34(29-49)12-9-17-36(47)31-19-21-33(22-20-31)46-39-15-7-5-13-37(39)45(32-10-3-2-4-11-32)38-14-6-8-16-40(38)46/h2-27H. The van der Waals surface area contributed by atoms with E-state index in [-0.39, 0.29) is 0 Å². The fraction of sp³-hybridized carbons (Fsp3) is 0. The summed E-state index contributed by atoms with van der Waals surface area (Å²) in [6.45, 7) is 7.63. The largest absolute Gasteiger partial charge is 0.307 e. The first-order chi connectivity index (χ1) is 25.2. The molecule has 0 aliphatic heterocycles. The van der Waals surface area contributed by atoms with Crippen molar-refractivity contribution in [2.45, 2.75) is 0 Å². The van der Waals surface area contributed by atoms with Crippen LogP contribution in [-0.4, -0.2) is 4.57 Å². The summed E-state index contributed by atoms with van der Waals surface area (Å²) in [6.07, 6.45) is 0. The molecule has 9 aromatic rings. The van der Waals surface area contributed by atoms with Crippen molar-refractivity contribution in [1.82, 2.24) is 4.57 Å². The van der Waals surface area contributed by atoms with Crippen molar-refractivity contribution in [3.63, 3.8) is 0 Å². The molecular formula is C47H26N4. The van der Waals surface area contributed by atoms with E-state index < -0.39 is 0 Å². The lowest BCUT2D eigenvalue weighted by Gasteiger charge is -2.18. The van der Waals surface area contributed by atoms with Gasteiger partial charge in [0.2, 0.25) is 0 Å². The smallest absolute Gasteiger partial charge is 0.188 e. The summed E-state index contributed by atoms with van der Waals surface area (Å²) in [5.41, 5.74) is 10.7. The minimum Gasteiger partial charge on any atom is -0.307 e. The predicted octanol–water partition coefficient (Wildman–Crippen LogP) is 12.4. The maximum absolute atomic E-state index is 10.4. The van der Waals surface area contributed by atoms with Crippen molar-refractivity contribution in [3.8, 4) is 51.2 Å². The van der Waals surface area contributed by atoms with Crippen LogP contribution in [0.1, 0.15) is 11.1 Å². The van der Waals surface area contributed by atoms with Crippen LogP contribution in [0, 0.1) is 29.2 Å². The Hall–Kier alpha value is -7.45. The number of benzene rings is 8. The monoisotopic (exact) mass is 646 g/mol. The van der Waals surface area contributed by atoms with Crippen LogP contribution in [0.2, 0.25) is 0 Å². The van der Waals surface area contributed by atoms with Gasteiger partial charge in [-0.15, -0.1) is 0 Å². The molecule has 0 bridgehead atoms. The summed E-state index contributed by atoms with van der Waals surface area (Å²) in [5.74, 6) is 0. The molecule has 1 aromatic heterocycles. The second-order valence-electron chi connectivity index (χ2n) is 12.6. The lowest BCUT2D eigenvalue weighted by atomic mass is 9.85. The summed E-state index contributed by atoms with van der Waals surface area (Å²) in [7, 11) is 0. The van der Waals surface area contributed by atoms with Crippen molar-refractivity contribution in [2.75, 3.05) is 0 Å². The van der Waals surface area contributed by atoms with E-state index in [1.807, 2.05) is 36.4 Å². The van der Waals surface area contributed by atoms with Gasteiger partial charge in [-0.3, -0.25) is 0 Å². The molecule has 0 aliphatic carbocycles. The van der Waals surface area contributed by atoms with Gasteiger partial charge in [-0.05, 0) is 91.1 Å². The second kappa shape index (κ2) is 11.9. The summed E-state index contributed by atoms with van der Waals surface area (Å²) >= 11 is 0. The van der Waals surface area contributed by atoms with Crippen LogP contribution < -0.4 is 0 Å². The Morgan fingerprint density at radius 1 is 0.471 bits per heavy atom. The van der Waals surface area contributed by atoms with Crippen LogP contribution in [0.4, 0.5) is 5.69 Å². The Morgan fingerprint density at radius 2 is 1.02 bits per heavy atom. The van der Waals surface area contributed by atoms with E-state index in [0.717, 1.165) is 44.2 Å². The lowest BCUT2D eigenvalue weighted by Crippen LogP contribution is -2.01. The summed E-state index contributed by atoms with van der Waals surface area (Å²) < 4.78 is 2.10. The number of hydrogen-bond acceptors (Lipinski definition) is 2. The molecule has 0 fully saturated rings. The average molecular weight is 647 g/mol. The summed E-state index contributed by atoms with van der Waals surface area (Å²) in [6, 6.07) is 58.3. The first-order valence-corrected chi connectivity index (χ1v) is 16.7. The molecule has 1 heterocycles. The maximum Gasteiger partial charge on any atom is 0.188 e. The summed E-state index contributed by atoms with van der Waals surface area (Å²) in [4.78, 5) is 3.67. The highest BCUT2D eigenvalue weighted by Crippen LogP contribution is 2.45. The zero-order chi connectivity index (χ0) is 34.5. The molecule has 0 atom stereocenters. The Morgan fingerprint density at radius 3 is 1.61 bits per heavy atom. The first-order valence-electron chi connectivity index (χ1n) is 16.7. The predicted molar refractivity (Wildman–Crippen MR) is 208 cm³/mol. The molecule has 4 nitrogen and oxygen atoms in total. The zero-order valence-corrected chi connectivity index (χ0v) is 27.3. The van der Waals surface area contributed by atoms with E-state index in [1.165, 1.54) is 38.2 Å². The van der Waals surface area contributed by atoms with Gasteiger partial charge >= 0.3 is 0 Å². The third-order valence-corrected chi connectivity index (χ3v) is 9.87. The fourth-order valence-electron chi connectivity index (χ4n) is 7.67. The van der Waals surface area contributed by atoms with Gasteiger partial charge < -0.3 is 4.57 Å². The minimum absolute atomic E-state index is 0.519. The van der Waals surface area contributed by atoms with Crippen LogP contribution >= 0.6 is 0 Å². The van der Waals surface area contributed by atoms with Crippen molar-refractivity contribution in [1.29, 1.82) is 10.5 Å². The van der Waals surface area contributed by atoms with Crippen LogP contribution in [0.5, 0.6) is 0 Å². The number of para-hydroxylation sites is 1. The number of hydrogen-bond donors (Lipinski definition) is 0. The molecule has 234 valence electrons. The highest BCUT2D eigenvalue weighted by molar-refractivity contribution is 6.21. The molecule has 0 aliphatic rings. The number of rotatable bonds is 4. The topological polar surface area (TPSA) is 56.9 Å². The molecule has 0 saturated carbocycles. The van der Waals surface area contributed by atoms with Crippen molar-refractivity contribution >= 4 is 49.0 Å². The van der Waals surface area contributed by atoms with Crippen LogP contribution in [0.3, 0.4) is 0 Å². The minimum atomic E-state index is 0.519. The van der Waals surface area contributed by atoms with Gasteiger partial charge in [0, 0.05) is 10.9 Å².